The summed E-state index contributed by atoms with van der Waals surface area (Å²) in [6.45, 7) is 7.17. The number of benzene rings is 1. The Balaban J connectivity index is 1.62. The summed E-state index contributed by atoms with van der Waals surface area (Å²) in [5.41, 5.74) is 2.40. The van der Waals surface area contributed by atoms with Crippen molar-refractivity contribution in [3.8, 4) is 16.9 Å². The van der Waals surface area contributed by atoms with Crippen LogP contribution in [0, 0.1) is 5.41 Å². The largest absolute Gasteiger partial charge is 0.485 e. The molecule has 1 fully saturated rings. The molecule has 0 radical (unpaired) electrons. The molecule has 0 N–H and O–H groups in total. The van der Waals surface area contributed by atoms with E-state index >= 15 is 0 Å². The highest BCUT2D eigenvalue weighted by atomic mass is 16.5. The summed E-state index contributed by atoms with van der Waals surface area (Å²) in [6, 6.07) is 5.49. The molecular weight excluding hydrogens is 368 g/mol. The molecule has 3 heterocycles. The predicted molar refractivity (Wildman–Crippen MR) is 110 cm³/mol. The number of hydrogen-bond donors (Lipinski definition) is 0. The van der Waals surface area contributed by atoms with Crippen LogP contribution in [0.5, 0.6) is 5.75 Å². The van der Waals surface area contributed by atoms with Gasteiger partial charge < -0.3 is 14.5 Å². The molecule has 2 aliphatic rings. The zero-order valence-electron chi connectivity index (χ0n) is 17.7. The molecule has 2 aromatic rings. The molecule has 4 rings (SSSR count). The van der Waals surface area contributed by atoms with E-state index in [1.807, 2.05) is 36.3 Å². The fourth-order valence-corrected chi connectivity index (χ4v) is 4.06. The Labute approximate surface area is 171 Å². The van der Waals surface area contributed by atoms with Crippen molar-refractivity contribution in [2.45, 2.75) is 39.3 Å². The van der Waals surface area contributed by atoms with Crippen LogP contribution in [0.2, 0.25) is 0 Å². The van der Waals surface area contributed by atoms with Crippen molar-refractivity contribution in [2.24, 2.45) is 12.5 Å². The highest BCUT2D eigenvalue weighted by Gasteiger charge is 2.44. The standard InChI is InChI=1S/C22H28N4O3/c1-22(2,3)9-20(27)26-12-17-19(13-26)29-18-8-14(15-10-23-24(4)11-15)6-7-16(18)21(28)25(17)5/h6-8,10-11,17,19H,9,12-13H2,1-5H3/t17-,19+/m1/s1. The minimum Gasteiger partial charge on any atom is -0.485 e. The average Bonchev–Trinajstić information content (AvgIpc) is 3.23. The molecule has 0 unspecified atom stereocenters. The summed E-state index contributed by atoms with van der Waals surface area (Å²) >= 11 is 0. The number of fused-ring (bicyclic) bond motifs is 2. The van der Waals surface area contributed by atoms with Crippen LogP contribution < -0.4 is 4.74 Å². The monoisotopic (exact) mass is 396 g/mol. The SMILES string of the molecule is CN1C(=O)c2ccc(-c3cnn(C)c3)cc2O[C@H]2CN(C(=O)CC(C)(C)C)C[C@H]21. The number of carbonyl (C=O) groups is 2. The van der Waals surface area contributed by atoms with Crippen molar-refractivity contribution in [1.29, 1.82) is 0 Å². The van der Waals surface area contributed by atoms with E-state index in [9.17, 15) is 9.59 Å². The van der Waals surface area contributed by atoms with Gasteiger partial charge >= 0.3 is 0 Å². The lowest BCUT2D eigenvalue weighted by Gasteiger charge is -2.25. The molecule has 1 aromatic heterocycles. The summed E-state index contributed by atoms with van der Waals surface area (Å²) in [4.78, 5) is 29.3. The predicted octanol–water partition coefficient (Wildman–Crippen LogP) is 2.57. The van der Waals surface area contributed by atoms with Gasteiger partial charge in [-0.15, -0.1) is 0 Å². The Morgan fingerprint density at radius 3 is 2.62 bits per heavy atom. The van der Waals surface area contributed by atoms with Gasteiger partial charge in [-0.05, 0) is 23.1 Å². The van der Waals surface area contributed by atoms with Crippen molar-refractivity contribution in [3.05, 3.63) is 36.2 Å². The molecule has 2 amide bonds. The van der Waals surface area contributed by atoms with Gasteiger partial charge in [0.25, 0.3) is 5.91 Å². The van der Waals surface area contributed by atoms with E-state index in [0.29, 0.717) is 30.8 Å². The highest BCUT2D eigenvalue weighted by molar-refractivity contribution is 5.98. The second kappa shape index (κ2) is 6.90. The van der Waals surface area contributed by atoms with Gasteiger partial charge in [0.05, 0.1) is 24.3 Å². The van der Waals surface area contributed by atoms with Gasteiger partial charge in [-0.2, -0.15) is 5.10 Å². The Bertz CT molecular complexity index is 959. The first-order valence-corrected chi connectivity index (χ1v) is 9.97. The van der Waals surface area contributed by atoms with E-state index < -0.39 is 0 Å². The maximum Gasteiger partial charge on any atom is 0.257 e. The molecule has 0 aliphatic carbocycles. The number of aromatic nitrogens is 2. The van der Waals surface area contributed by atoms with Gasteiger partial charge in [0.2, 0.25) is 5.91 Å². The fourth-order valence-electron chi connectivity index (χ4n) is 4.06. The number of rotatable bonds is 2. The average molecular weight is 396 g/mol. The third-order valence-electron chi connectivity index (χ3n) is 5.62. The van der Waals surface area contributed by atoms with E-state index in [1.165, 1.54) is 0 Å². The minimum absolute atomic E-state index is 0.0737. The van der Waals surface area contributed by atoms with Crippen molar-refractivity contribution in [2.75, 3.05) is 20.1 Å². The Kier molecular flexibility index (Phi) is 4.63. The molecule has 1 aromatic carbocycles. The van der Waals surface area contributed by atoms with Crippen molar-refractivity contribution < 1.29 is 14.3 Å². The first kappa shape index (κ1) is 19.5. The molecule has 154 valence electrons. The lowest BCUT2D eigenvalue weighted by atomic mass is 9.92. The van der Waals surface area contributed by atoms with Crippen LogP contribution in [0.25, 0.3) is 11.1 Å². The van der Waals surface area contributed by atoms with Crippen LogP contribution in [0.4, 0.5) is 0 Å². The summed E-state index contributed by atoms with van der Waals surface area (Å²) in [7, 11) is 3.67. The van der Waals surface area contributed by atoms with Crippen LogP contribution in [0.3, 0.4) is 0 Å². The number of likely N-dealkylation sites (N-methyl/N-ethyl adjacent to an activating group) is 1. The summed E-state index contributed by atoms with van der Waals surface area (Å²) in [6.07, 6.45) is 3.96. The first-order valence-electron chi connectivity index (χ1n) is 9.97. The minimum atomic E-state index is -0.238. The normalized spacial score (nSPS) is 21.5. The molecule has 0 saturated carbocycles. The van der Waals surface area contributed by atoms with Gasteiger partial charge in [0, 0.05) is 38.8 Å². The molecular formula is C22H28N4O3. The zero-order chi connectivity index (χ0) is 20.9. The highest BCUT2D eigenvalue weighted by Crippen LogP contribution is 2.34. The summed E-state index contributed by atoms with van der Waals surface area (Å²) in [5, 5.41) is 4.22. The lowest BCUT2D eigenvalue weighted by molar-refractivity contribution is -0.132. The number of nitrogens with zero attached hydrogens (tertiary/aromatic N) is 4. The third kappa shape index (κ3) is 3.73. The van der Waals surface area contributed by atoms with Crippen molar-refractivity contribution in [3.63, 3.8) is 0 Å². The summed E-state index contributed by atoms with van der Waals surface area (Å²) in [5.74, 6) is 0.607. The molecule has 29 heavy (non-hydrogen) atoms. The lowest BCUT2D eigenvalue weighted by Crippen LogP contribution is -2.44. The van der Waals surface area contributed by atoms with Gasteiger partial charge in [-0.25, -0.2) is 0 Å². The topological polar surface area (TPSA) is 67.7 Å². The van der Waals surface area contributed by atoms with Crippen molar-refractivity contribution in [1.82, 2.24) is 19.6 Å². The Morgan fingerprint density at radius 1 is 1.21 bits per heavy atom. The van der Waals surface area contributed by atoms with Crippen LogP contribution >= 0.6 is 0 Å². The van der Waals surface area contributed by atoms with Gasteiger partial charge in [-0.3, -0.25) is 14.3 Å². The van der Waals surface area contributed by atoms with Crippen LogP contribution in [-0.4, -0.2) is 63.7 Å². The molecule has 0 spiro atoms. The van der Waals surface area contributed by atoms with E-state index in [2.05, 4.69) is 25.9 Å². The van der Waals surface area contributed by atoms with Crippen LogP contribution in [0.1, 0.15) is 37.6 Å². The molecule has 0 bridgehead atoms. The van der Waals surface area contributed by atoms with Gasteiger partial charge in [0.1, 0.15) is 11.9 Å². The van der Waals surface area contributed by atoms with E-state index in [-0.39, 0.29) is 29.4 Å². The number of ether oxygens (including phenoxy) is 1. The molecule has 7 heteroatoms. The molecule has 2 aliphatic heterocycles. The first-order chi connectivity index (χ1) is 13.6. The van der Waals surface area contributed by atoms with Gasteiger partial charge in [0.15, 0.2) is 0 Å². The number of likely N-dealkylation sites (tertiary alicyclic amines) is 1. The van der Waals surface area contributed by atoms with E-state index in [1.54, 1.807) is 22.8 Å². The molecule has 1 saturated heterocycles. The maximum atomic E-state index is 13.1. The van der Waals surface area contributed by atoms with E-state index in [4.69, 9.17) is 4.74 Å². The summed E-state index contributed by atoms with van der Waals surface area (Å²) < 4.78 is 8.06. The molecule has 7 nitrogen and oxygen atoms in total. The van der Waals surface area contributed by atoms with Crippen LogP contribution in [0.15, 0.2) is 30.6 Å². The number of amides is 2. The van der Waals surface area contributed by atoms with Crippen molar-refractivity contribution >= 4 is 11.8 Å². The fraction of sp³-hybridized carbons (Fsp3) is 0.500. The third-order valence-corrected chi connectivity index (χ3v) is 5.62. The maximum absolute atomic E-state index is 13.1. The number of hydrogen-bond acceptors (Lipinski definition) is 4. The Morgan fingerprint density at radius 2 is 1.97 bits per heavy atom. The smallest absolute Gasteiger partial charge is 0.257 e. The quantitative estimate of drug-likeness (QED) is 0.783. The number of aryl methyl sites for hydroxylation is 1. The Hall–Kier alpha value is -2.83. The van der Waals surface area contributed by atoms with Gasteiger partial charge in [-0.1, -0.05) is 26.8 Å². The second-order valence-electron chi connectivity index (χ2n) is 9.29. The van der Waals surface area contributed by atoms with Crippen LogP contribution in [-0.2, 0) is 11.8 Å². The molecule has 2 atom stereocenters. The number of carbonyl (C=O) groups excluding carboxylic acids is 2. The zero-order valence-corrected chi connectivity index (χ0v) is 17.7. The second-order valence-corrected chi connectivity index (χ2v) is 9.29. The van der Waals surface area contributed by atoms with E-state index in [0.717, 1.165) is 11.1 Å².